The number of carboxylic acid groups (broad SMARTS) is 1. The fraction of sp³-hybridized carbons (Fsp3) is 0.593. The molecule has 3 atom stereocenters. The van der Waals surface area contributed by atoms with Crippen LogP contribution in [0.1, 0.15) is 44.1 Å². The molecule has 0 spiro atoms. The maximum Gasteiger partial charge on any atom is 0.308 e. The molecule has 0 saturated carbocycles. The first-order chi connectivity index (χ1) is 18.5. The molecule has 1 amide bonds. The van der Waals surface area contributed by atoms with Crippen LogP contribution in [0.25, 0.3) is 0 Å². The second kappa shape index (κ2) is 13.0. The van der Waals surface area contributed by atoms with Gasteiger partial charge >= 0.3 is 5.97 Å². The zero-order chi connectivity index (χ0) is 27.1. The number of carboxylic acids is 1. The van der Waals surface area contributed by atoms with Crippen molar-refractivity contribution in [2.75, 3.05) is 46.6 Å². The van der Waals surface area contributed by atoms with Gasteiger partial charge in [-0.05, 0) is 49.6 Å². The van der Waals surface area contributed by atoms with Gasteiger partial charge < -0.3 is 30.0 Å². The summed E-state index contributed by atoms with van der Waals surface area (Å²) in [5.41, 5.74) is 6.52. The van der Waals surface area contributed by atoms with Crippen LogP contribution in [0.4, 0.5) is 0 Å². The normalized spacial score (nSPS) is 20.6. The zero-order valence-corrected chi connectivity index (χ0v) is 22.3. The third-order valence-electron chi connectivity index (χ3n) is 7.46. The Kier molecular flexibility index (Phi) is 9.46. The van der Waals surface area contributed by atoms with Crippen molar-refractivity contribution in [2.45, 2.75) is 51.1 Å². The van der Waals surface area contributed by atoms with Gasteiger partial charge in [0.25, 0.3) is 0 Å². The number of likely N-dealkylation sites (tertiary alicyclic amines) is 1. The predicted molar refractivity (Wildman–Crippen MR) is 140 cm³/mol. The minimum atomic E-state index is -0.891. The second-order valence-corrected chi connectivity index (χ2v) is 9.86. The maximum atomic E-state index is 13.5. The van der Waals surface area contributed by atoms with Crippen molar-refractivity contribution in [2.24, 2.45) is 11.7 Å². The van der Waals surface area contributed by atoms with Crippen molar-refractivity contribution in [1.82, 2.24) is 19.6 Å². The molecule has 1 saturated heterocycles. The van der Waals surface area contributed by atoms with Crippen LogP contribution in [0.15, 0.2) is 30.6 Å². The van der Waals surface area contributed by atoms with Crippen LogP contribution in [0.5, 0.6) is 17.2 Å². The van der Waals surface area contributed by atoms with Gasteiger partial charge in [0.05, 0.1) is 19.6 Å². The minimum absolute atomic E-state index is 0.00375. The molecule has 3 heterocycles. The molecular weight excluding hydrogens is 490 g/mol. The Labute approximate surface area is 223 Å². The Balaban J connectivity index is 1.62. The average molecular weight is 530 g/mol. The van der Waals surface area contributed by atoms with Crippen molar-refractivity contribution in [3.8, 4) is 17.2 Å². The van der Waals surface area contributed by atoms with E-state index in [-0.39, 0.29) is 31.2 Å². The van der Waals surface area contributed by atoms with Gasteiger partial charge in [-0.2, -0.15) is 5.10 Å². The lowest BCUT2D eigenvalue weighted by Crippen LogP contribution is -2.45. The number of rotatable bonds is 14. The SMILES string of the molecule is CCCCN(CCCN)C(=O)CN1CC(c2cc(OC)c3c(c2)OCO3)C(C(=O)O)C1CCn1cccn1. The summed E-state index contributed by atoms with van der Waals surface area (Å²) in [6.45, 7) is 5.11. The molecule has 208 valence electrons. The summed E-state index contributed by atoms with van der Waals surface area (Å²) >= 11 is 0. The smallest absolute Gasteiger partial charge is 0.308 e. The fourth-order valence-corrected chi connectivity index (χ4v) is 5.52. The Morgan fingerprint density at radius 3 is 2.76 bits per heavy atom. The molecule has 2 aliphatic heterocycles. The number of fused-ring (bicyclic) bond motifs is 1. The molecule has 1 aromatic heterocycles. The number of hydrogen-bond acceptors (Lipinski definition) is 8. The molecular formula is C27H39N5O6. The first-order valence-electron chi connectivity index (χ1n) is 13.4. The number of benzene rings is 1. The molecule has 0 bridgehead atoms. The van der Waals surface area contributed by atoms with Crippen LogP contribution in [0, 0.1) is 5.92 Å². The van der Waals surface area contributed by atoms with Crippen LogP contribution < -0.4 is 19.9 Å². The van der Waals surface area contributed by atoms with Crippen molar-refractivity contribution < 1.29 is 28.9 Å². The number of carbonyl (C=O) groups excluding carboxylic acids is 1. The van der Waals surface area contributed by atoms with E-state index in [1.807, 2.05) is 34.2 Å². The van der Waals surface area contributed by atoms with Gasteiger partial charge in [-0.3, -0.25) is 19.2 Å². The van der Waals surface area contributed by atoms with Gasteiger partial charge in [-0.15, -0.1) is 0 Å². The summed E-state index contributed by atoms with van der Waals surface area (Å²) in [5.74, 6) is -0.402. The number of carbonyl (C=O) groups is 2. The summed E-state index contributed by atoms with van der Waals surface area (Å²) in [6.07, 6.45) is 6.74. The van der Waals surface area contributed by atoms with Crippen LogP contribution in [0.3, 0.4) is 0 Å². The Bertz CT molecular complexity index is 1070. The van der Waals surface area contributed by atoms with Crippen molar-refractivity contribution in [3.63, 3.8) is 0 Å². The predicted octanol–water partition coefficient (Wildman–Crippen LogP) is 2.16. The summed E-state index contributed by atoms with van der Waals surface area (Å²) in [7, 11) is 1.55. The highest BCUT2D eigenvalue weighted by molar-refractivity contribution is 5.79. The van der Waals surface area contributed by atoms with Crippen LogP contribution in [-0.2, 0) is 16.1 Å². The number of unbranched alkanes of at least 4 members (excludes halogenated alkanes) is 1. The monoisotopic (exact) mass is 529 g/mol. The van der Waals surface area contributed by atoms with E-state index in [1.54, 1.807) is 18.0 Å². The highest BCUT2D eigenvalue weighted by Gasteiger charge is 2.47. The Hall–Kier alpha value is -3.31. The average Bonchev–Trinajstić information content (AvgIpc) is 3.67. The molecule has 1 aromatic carbocycles. The number of hydrogen-bond donors (Lipinski definition) is 2. The molecule has 1 fully saturated rings. The van der Waals surface area contributed by atoms with E-state index in [1.165, 1.54) is 0 Å². The molecule has 0 aliphatic carbocycles. The van der Waals surface area contributed by atoms with Gasteiger partial charge in [0.2, 0.25) is 18.4 Å². The van der Waals surface area contributed by atoms with Crippen molar-refractivity contribution >= 4 is 11.9 Å². The number of ether oxygens (including phenoxy) is 3. The number of aryl methyl sites for hydroxylation is 1. The number of nitrogens with two attached hydrogens (primary N) is 1. The lowest BCUT2D eigenvalue weighted by Gasteiger charge is -2.29. The quantitative estimate of drug-likeness (QED) is 0.378. The highest BCUT2D eigenvalue weighted by atomic mass is 16.7. The lowest BCUT2D eigenvalue weighted by molar-refractivity contribution is -0.144. The summed E-state index contributed by atoms with van der Waals surface area (Å²) in [4.78, 5) is 30.1. The van der Waals surface area contributed by atoms with E-state index < -0.39 is 11.9 Å². The first kappa shape index (κ1) is 27.7. The number of methoxy groups -OCH3 is 1. The van der Waals surface area contributed by atoms with Crippen molar-refractivity contribution in [1.29, 1.82) is 0 Å². The van der Waals surface area contributed by atoms with Crippen LogP contribution >= 0.6 is 0 Å². The molecule has 11 heteroatoms. The number of nitrogens with zero attached hydrogens (tertiary/aromatic N) is 4. The van der Waals surface area contributed by atoms with Gasteiger partial charge in [-0.25, -0.2) is 0 Å². The molecule has 0 radical (unpaired) electrons. The molecule has 3 N–H and O–H groups in total. The maximum absolute atomic E-state index is 13.5. The molecule has 4 rings (SSSR count). The van der Waals surface area contributed by atoms with E-state index >= 15 is 0 Å². The molecule has 11 nitrogen and oxygen atoms in total. The van der Waals surface area contributed by atoms with E-state index in [9.17, 15) is 14.7 Å². The molecule has 38 heavy (non-hydrogen) atoms. The third kappa shape index (κ3) is 6.21. The molecule has 2 aromatic rings. The fourth-order valence-electron chi connectivity index (χ4n) is 5.52. The zero-order valence-electron chi connectivity index (χ0n) is 22.3. The van der Waals surface area contributed by atoms with Crippen molar-refractivity contribution in [3.05, 3.63) is 36.2 Å². The highest BCUT2D eigenvalue weighted by Crippen LogP contribution is 2.47. The van der Waals surface area contributed by atoms with E-state index in [2.05, 4.69) is 12.0 Å². The first-order valence-corrected chi connectivity index (χ1v) is 13.4. The molecule has 2 aliphatic rings. The number of aliphatic carboxylic acids is 1. The topological polar surface area (TPSA) is 132 Å². The largest absolute Gasteiger partial charge is 0.493 e. The van der Waals surface area contributed by atoms with Gasteiger partial charge in [0.1, 0.15) is 0 Å². The van der Waals surface area contributed by atoms with Gasteiger partial charge in [0, 0.05) is 50.5 Å². The summed E-state index contributed by atoms with van der Waals surface area (Å²) in [6, 6.07) is 5.16. The van der Waals surface area contributed by atoms with E-state index in [4.69, 9.17) is 19.9 Å². The third-order valence-corrected chi connectivity index (χ3v) is 7.46. The van der Waals surface area contributed by atoms with Gasteiger partial charge in [-0.1, -0.05) is 13.3 Å². The number of aromatic nitrogens is 2. The summed E-state index contributed by atoms with van der Waals surface area (Å²) < 4.78 is 18.5. The Morgan fingerprint density at radius 2 is 2.08 bits per heavy atom. The minimum Gasteiger partial charge on any atom is -0.493 e. The second-order valence-electron chi connectivity index (χ2n) is 9.86. The van der Waals surface area contributed by atoms with Crippen LogP contribution in [0.2, 0.25) is 0 Å². The standard InChI is InChI=1S/C27H39N5O6/c1-3-4-10-30(11-5-8-28)24(33)17-31-16-20(19-14-22(36-2)26-23(15-19)37-18-38-26)25(27(34)35)21(31)7-13-32-12-6-9-29-32/h6,9,12,14-15,20-21,25H,3-5,7-8,10-11,13,16-18,28H2,1-2H3,(H,34,35). The van der Waals surface area contributed by atoms with E-state index in [0.717, 1.165) is 24.8 Å². The number of amides is 1. The molecule has 3 unspecified atom stereocenters. The summed E-state index contributed by atoms with van der Waals surface area (Å²) in [5, 5.41) is 14.7. The van der Waals surface area contributed by atoms with E-state index in [0.29, 0.717) is 56.4 Å². The lowest BCUT2D eigenvalue weighted by atomic mass is 9.84. The Morgan fingerprint density at radius 1 is 1.26 bits per heavy atom. The van der Waals surface area contributed by atoms with Crippen LogP contribution in [-0.4, -0.2) is 89.2 Å². The van der Waals surface area contributed by atoms with Gasteiger partial charge in [0.15, 0.2) is 11.5 Å².